The molecule has 0 aromatic heterocycles. The fraction of sp³-hybridized carbons (Fsp3) is 0.333. The Balaban J connectivity index is 2.15. The first-order valence-corrected chi connectivity index (χ1v) is 8.82. The average Bonchev–Trinajstić information content (AvgIpc) is 2.61. The maximum atomic E-state index is 12.7. The molecule has 0 aliphatic carbocycles. The van der Waals surface area contributed by atoms with Gasteiger partial charge in [0.2, 0.25) is 0 Å². The second-order valence-electron chi connectivity index (χ2n) is 6.20. The molecule has 0 heterocycles. The maximum absolute atomic E-state index is 12.7. The van der Waals surface area contributed by atoms with E-state index in [9.17, 15) is 9.59 Å². The fourth-order valence-electron chi connectivity index (χ4n) is 2.76. The molecule has 4 nitrogen and oxygen atoms in total. The van der Waals surface area contributed by atoms with Crippen molar-refractivity contribution < 1.29 is 9.59 Å². The van der Waals surface area contributed by atoms with E-state index < -0.39 is 0 Å². The van der Waals surface area contributed by atoms with Crippen LogP contribution in [0.5, 0.6) is 0 Å². The highest BCUT2D eigenvalue weighted by Gasteiger charge is 2.15. The molecule has 25 heavy (non-hydrogen) atoms. The minimum Gasteiger partial charge on any atom is -0.339 e. The number of carbonyl (C=O) groups excluding carboxylic acids is 2. The third-order valence-corrected chi connectivity index (χ3v) is 3.92. The summed E-state index contributed by atoms with van der Waals surface area (Å²) in [5.74, 6) is -0.164. The van der Waals surface area contributed by atoms with Gasteiger partial charge in [0.25, 0.3) is 11.8 Å². The Hall–Kier alpha value is -2.62. The number of nitrogens with one attached hydrogen (secondary N) is 1. The van der Waals surface area contributed by atoms with Crippen molar-refractivity contribution in [2.24, 2.45) is 0 Å². The molecule has 2 amide bonds. The second-order valence-corrected chi connectivity index (χ2v) is 6.20. The number of carbonyl (C=O) groups is 2. The summed E-state index contributed by atoms with van der Waals surface area (Å²) in [5, 5.41) is 2.87. The van der Waals surface area contributed by atoms with Crippen molar-refractivity contribution in [1.82, 2.24) is 4.90 Å². The van der Waals surface area contributed by atoms with Gasteiger partial charge in [-0.15, -0.1) is 0 Å². The molecule has 0 saturated heterocycles. The van der Waals surface area contributed by atoms with Gasteiger partial charge in [-0.25, -0.2) is 0 Å². The predicted molar refractivity (Wildman–Crippen MR) is 102 cm³/mol. The molecule has 0 radical (unpaired) electrons. The monoisotopic (exact) mass is 338 g/mol. The molecule has 2 rings (SSSR count). The third kappa shape index (κ3) is 5.18. The lowest BCUT2D eigenvalue weighted by molar-refractivity contribution is 0.0755. The molecule has 2 aromatic rings. The molecular formula is C21H26N2O2. The standard InChI is InChI=1S/C21H26N2O2/c1-4-12-23(13-5-2)21(25)18-10-7-11-19(15-18)22-20(24)17-9-6-8-16(3)14-17/h6-11,14-15H,4-5,12-13H2,1-3H3,(H,22,24). The van der Waals surface area contributed by atoms with Gasteiger partial charge in [-0.1, -0.05) is 37.6 Å². The van der Waals surface area contributed by atoms with E-state index in [1.807, 2.05) is 30.0 Å². The smallest absolute Gasteiger partial charge is 0.255 e. The van der Waals surface area contributed by atoms with Crippen molar-refractivity contribution in [1.29, 1.82) is 0 Å². The van der Waals surface area contributed by atoms with Crippen LogP contribution in [0.2, 0.25) is 0 Å². The highest BCUT2D eigenvalue weighted by atomic mass is 16.2. The summed E-state index contributed by atoms with van der Waals surface area (Å²) in [4.78, 5) is 26.9. The third-order valence-electron chi connectivity index (χ3n) is 3.92. The van der Waals surface area contributed by atoms with Crippen molar-refractivity contribution >= 4 is 17.5 Å². The van der Waals surface area contributed by atoms with Crippen LogP contribution in [-0.4, -0.2) is 29.8 Å². The van der Waals surface area contributed by atoms with Crippen molar-refractivity contribution in [3.63, 3.8) is 0 Å². The first-order chi connectivity index (χ1) is 12.0. The Morgan fingerprint density at radius 1 is 0.920 bits per heavy atom. The van der Waals surface area contributed by atoms with E-state index in [2.05, 4.69) is 19.2 Å². The fourth-order valence-corrected chi connectivity index (χ4v) is 2.76. The van der Waals surface area contributed by atoms with Gasteiger partial charge in [0, 0.05) is 29.9 Å². The summed E-state index contributed by atoms with van der Waals surface area (Å²) in [6.45, 7) is 7.56. The highest BCUT2D eigenvalue weighted by molar-refractivity contribution is 6.05. The number of rotatable bonds is 7. The van der Waals surface area contributed by atoms with Gasteiger partial charge in [0.15, 0.2) is 0 Å². The van der Waals surface area contributed by atoms with E-state index in [4.69, 9.17) is 0 Å². The Kier molecular flexibility index (Phi) is 6.75. The molecule has 1 N–H and O–H groups in total. The van der Waals surface area contributed by atoms with Crippen LogP contribution in [0.1, 0.15) is 53.0 Å². The summed E-state index contributed by atoms with van der Waals surface area (Å²) in [6.07, 6.45) is 1.85. The van der Waals surface area contributed by atoms with Crippen molar-refractivity contribution in [2.75, 3.05) is 18.4 Å². The minimum absolute atomic E-state index is 0.00959. The number of aryl methyl sites for hydroxylation is 1. The number of nitrogens with zero attached hydrogens (tertiary/aromatic N) is 1. The molecule has 0 atom stereocenters. The molecule has 0 unspecified atom stereocenters. The van der Waals surface area contributed by atoms with E-state index in [1.54, 1.807) is 30.3 Å². The number of anilines is 1. The topological polar surface area (TPSA) is 49.4 Å². The maximum Gasteiger partial charge on any atom is 0.255 e. The highest BCUT2D eigenvalue weighted by Crippen LogP contribution is 2.15. The van der Waals surface area contributed by atoms with Gasteiger partial charge in [-0.2, -0.15) is 0 Å². The Morgan fingerprint density at radius 3 is 2.20 bits per heavy atom. The first kappa shape index (κ1) is 18.7. The van der Waals surface area contributed by atoms with Crippen LogP contribution in [0.4, 0.5) is 5.69 Å². The van der Waals surface area contributed by atoms with Crippen LogP contribution in [-0.2, 0) is 0 Å². The SMILES string of the molecule is CCCN(CCC)C(=O)c1cccc(NC(=O)c2cccc(C)c2)c1. The van der Waals surface area contributed by atoms with Gasteiger partial charge in [-0.3, -0.25) is 9.59 Å². The molecule has 0 fully saturated rings. The zero-order valence-electron chi connectivity index (χ0n) is 15.2. The molecule has 0 aliphatic rings. The van der Waals surface area contributed by atoms with Crippen LogP contribution >= 0.6 is 0 Å². The lowest BCUT2D eigenvalue weighted by Gasteiger charge is -2.21. The zero-order chi connectivity index (χ0) is 18.2. The van der Waals surface area contributed by atoms with Gasteiger partial charge in [0.1, 0.15) is 0 Å². The number of benzene rings is 2. The molecule has 0 bridgehead atoms. The molecule has 0 spiro atoms. The van der Waals surface area contributed by atoms with Gasteiger partial charge in [-0.05, 0) is 50.1 Å². The summed E-state index contributed by atoms with van der Waals surface area (Å²) < 4.78 is 0. The molecular weight excluding hydrogens is 312 g/mol. The Morgan fingerprint density at radius 2 is 1.56 bits per heavy atom. The molecule has 0 aliphatic heterocycles. The van der Waals surface area contributed by atoms with E-state index in [0.717, 1.165) is 31.5 Å². The van der Waals surface area contributed by atoms with Gasteiger partial charge >= 0.3 is 0 Å². The molecule has 2 aromatic carbocycles. The lowest BCUT2D eigenvalue weighted by atomic mass is 10.1. The number of hydrogen-bond acceptors (Lipinski definition) is 2. The number of hydrogen-bond donors (Lipinski definition) is 1. The van der Waals surface area contributed by atoms with Crippen LogP contribution in [0.15, 0.2) is 48.5 Å². The van der Waals surface area contributed by atoms with Crippen molar-refractivity contribution in [3.8, 4) is 0 Å². The molecule has 132 valence electrons. The predicted octanol–water partition coefficient (Wildman–Crippen LogP) is 4.51. The molecule has 0 saturated carbocycles. The Bertz CT molecular complexity index is 734. The van der Waals surface area contributed by atoms with E-state index in [-0.39, 0.29) is 11.8 Å². The van der Waals surface area contributed by atoms with E-state index in [0.29, 0.717) is 16.8 Å². The van der Waals surface area contributed by atoms with Crippen molar-refractivity contribution in [3.05, 3.63) is 65.2 Å². The van der Waals surface area contributed by atoms with E-state index >= 15 is 0 Å². The van der Waals surface area contributed by atoms with Gasteiger partial charge in [0.05, 0.1) is 0 Å². The average molecular weight is 338 g/mol. The summed E-state index contributed by atoms with van der Waals surface area (Å²) >= 11 is 0. The normalized spacial score (nSPS) is 10.4. The zero-order valence-corrected chi connectivity index (χ0v) is 15.2. The lowest BCUT2D eigenvalue weighted by Crippen LogP contribution is -2.32. The molecule has 4 heteroatoms. The van der Waals surface area contributed by atoms with Crippen LogP contribution in [0, 0.1) is 6.92 Å². The quantitative estimate of drug-likeness (QED) is 0.807. The Labute approximate surface area is 149 Å². The summed E-state index contributed by atoms with van der Waals surface area (Å²) in [6, 6.07) is 14.6. The minimum atomic E-state index is -0.174. The first-order valence-electron chi connectivity index (χ1n) is 8.82. The van der Waals surface area contributed by atoms with Gasteiger partial charge < -0.3 is 10.2 Å². The van der Waals surface area contributed by atoms with Crippen LogP contribution in [0.25, 0.3) is 0 Å². The second kappa shape index (κ2) is 9.02. The van der Waals surface area contributed by atoms with E-state index in [1.165, 1.54) is 0 Å². The van der Waals surface area contributed by atoms with Crippen LogP contribution < -0.4 is 5.32 Å². The largest absolute Gasteiger partial charge is 0.339 e. The summed E-state index contributed by atoms with van der Waals surface area (Å²) in [7, 11) is 0. The number of amides is 2. The van der Waals surface area contributed by atoms with Crippen LogP contribution in [0.3, 0.4) is 0 Å². The van der Waals surface area contributed by atoms with Crippen molar-refractivity contribution in [2.45, 2.75) is 33.6 Å². The summed E-state index contributed by atoms with van der Waals surface area (Å²) in [5.41, 5.74) is 2.87.